The standard InChI is InChI=1S/C58H47N4O2.Pt/c1-38-30-53-54(31-39(38)2)61(45-33-42(57(3,4)40-18-9-7-10-19-40)32-43(34-45)58(5,6)41-20-11-8-12-21-41)37-60(53)44-22-17-23-46(35-44)63-47-28-29-49-48-24-13-15-26-51(48)62(52(49)36-47)56-59-50-25-14-16-27-55(50)64-56;/h7-34,37H,1-6H3;/q-3;. The van der Waals surface area contributed by atoms with Gasteiger partial charge in [0.25, 0.3) is 0 Å². The largest absolute Gasteiger partial charge is 0.509 e. The number of rotatable bonds is 9. The Kier molecular flexibility index (Phi) is 10.5. The first-order valence-electron chi connectivity index (χ1n) is 21.9. The van der Waals surface area contributed by atoms with E-state index < -0.39 is 0 Å². The topological polar surface area (TPSA) is 46.7 Å². The van der Waals surface area contributed by atoms with Crippen molar-refractivity contribution in [2.45, 2.75) is 52.4 Å². The predicted octanol–water partition coefficient (Wildman–Crippen LogP) is 15.0. The molecular weight excluding hydrogens is 980 g/mol. The zero-order valence-electron chi connectivity index (χ0n) is 37.2. The van der Waals surface area contributed by atoms with Gasteiger partial charge in [-0.15, -0.1) is 48.1 Å². The van der Waals surface area contributed by atoms with E-state index in [0.29, 0.717) is 17.5 Å². The van der Waals surface area contributed by atoms with Crippen molar-refractivity contribution < 1.29 is 30.2 Å². The molecule has 0 spiro atoms. The van der Waals surface area contributed by atoms with Crippen LogP contribution in [0.1, 0.15) is 61.1 Å². The summed E-state index contributed by atoms with van der Waals surface area (Å²) in [4.78, 5) is 9.42. The second-order valence-electron chi connectivity index (χ2n) is 17.9. The molecule has 11 rings (SSSR count). The molecule has 1 aliphatic rings. The van der Waals surface area contributed by atoms with E-state index in [-0.39, 0.29) is 31.9 Å². The number of oxazole rings is 1. The van der Waals surface area contributed by atoms with Gasteiger partial charge in [0.05, 0.1) is 0 Å². The second-order valence-corrected chi connectivity index (χ2v) is 17.9. The van der Waals surface area contributed by atoms with Gasteiger partial charge in [0.15, 0.2) is 5.58 Å². The third-order valence-electron chi connectivity index (χ3n) is 13.2. The summed E-state index contributed by atoms with van der Waals surface area (Å²) in [6.07, 6.45) is 0. The van der Waals surface area contributed by atoms with Crippen molar-refractivity contribution >= 4 is 55.7 Å². The van der Waals surface area contributed by atoms with Crippen LogP contribution in [0, 0.1) is 32.6 Å². The molecule has 0 atom stereocenters. The summed E-state index contributed by atoms with van der Waals surface area (Å²) in [7, 11) is 0. The SMILES string of the molecule is Cc1cc2c(cc1C)N(c1cc(C(C)(C)c3ccccc3)cc(C(C)(C)c3ccccc3)c1)[CH-]N2c1[c-]c(Oc2[c-]c3c(cc2)c2ccccc2n3-c2nc3ccccc3o2)ccc1.[Pt]. The Hall–Kier alpha value is -6.88. The fourth-order valence-electron chi connectivity index (χ4n) is 9.17. The van der Waals surface area contributed by atoms with Crippen LogP contribution in [-0.4, -0.2) is 9.55 Å². The number of hydrogen-bond donors (Lipinski definition) is 0. The van der Waals surface area contributed by atoms with Gasteiger partial charge in [0.2, 0.25) is 0 Å². The van der Waals surface area contributed by atoms with Crippen molar-refractivity contribution in [1.29, 1.82) is 0 Å². The molecule has 65 heavy (non-hydrogen) atoms. The first kappa shape index (κ1) is 42.1. The fourth-order valence-corrected chi connectivity index (χ4v) is 9.17. The van der Waals surface area contributed by atoms with Crippen LogP contribution in [0.3, 0.4) is 0 Å². The Morgan fingerprint density at radius 1 is 0.554 bits per heavy atom. The summed E-state index contributed by atoms with van der Waals surface area (Å²) in [6.45, 7) is 15.9. The average Bonchev–Trinajstić information content (AvgIpc) is 4.01. The Balaban J connectivity index is 0.00000498. The number of anilines is 4. The van der Waals surface area contributed by atoms with Crippen LogP contribution in [0.15, 0.2) is 174 Å². The first-order chi connectivity index (χ1) is 31.0. The molecule has 10 aromatic rings. The monoisotopic (exact) mass is 1030 g/mol. The van der Waals surface area contributed by atoms with E-state index in [0.717, 1.165) is 55.7 Å². The molecule has 7 heteroatoms. The molecule has 0 N–H and O–H groups in total. The predicted molar refractivity (Wildman–Crippen MR) is 261 cm³/mol. The van der Waals surface area contributed by atoms with Gasteiger partial charge in [-0.05, 0) is 95.1 Å². The third kappa shape index (κ3) is 7.31. The molecule has 0 radical (unpaired) electrons. The van der Waals surface area contributed by atoms with E-state index in [2.05, 4.69) is 185 Å². The van der Waals surface area contributed by atoms with Crippen LogP contribution in [0.25, 0.3) is 38.9 Å². The number of nitrogens with zero attached hydrogens (tertiary/aromatic N) is 4. The third-order valence-corrected chi connectivity index (χ3v) is 13.2. The maximum Gasteiger partial charge on any atom is 0.305 e. The van der Waals surface area contributed by atoms with Crippen molar-refractivity contribution in [3.8, 4) is 17.5 Å². The Labute approximate surface area is 395 Å². The number of fused-ring (bicyclic) bond motifs is 5. The Bertz CT molecular complexity index is 3280. The minimum Gasteiger partial charge on any atom is -0.509 e. The molecule has 1 aliphatic heterocycles. The molecule has 0 bridgehead atoms. The van der Waals surface area contributed by atoms with Crippen molar-refractivity contribution in [2.75, 3.05) is 9.80 Å². The fraction of sp³-hybridized carbons (Fsp3) is 0.138. The van der Waals surface area contributed by atoms with Crippen molar-refractivity contribution in [2.24, 2.45) is 0 Å². The Morgan fingerprint density at radius 2 is 1.15 bits per heavy atom. The maximum absolute atomic E-state index is 6.64. The number of aryl methyl sites for hydroxylation is 2. The first-order valence-corrected chi connectivity index (χ1v) is 21.9. The van der Waals surface area contributed by atoms with Crippen LogP contribution in [0.5, 0.6) is 11.5 Å². The normalized spacial score (nSPS) is 12.8. The molecule has 0 saturated carbocycles. The maximum atomic E-state index is 6.64. The van der Waals surface area contributed by atoms with E-state index in [1.165, 1.54) is 33.4 Å². The smallest absolute Gasteiger partial charge is 0.305 e. The molecule has 324 valence electrons. The van der Waals surface area contributed by atoms with Crippen LogP contribution in [-0.2, 0) is 31.9 Å². The van der Waals surface area contributed by atoms with Crippen LogP contribution in [0.2, 0.25) is 0 Å². The van der Waals surface area contributed by atoms with Gasteiger partial charge in [0, 0.05) is 66.0 Å². The van der Waals surface area contributed by atoms with Gasteiger partial charge in [-0.25, -0.2) is 0 Å². The number of hydrogen-bond acceptors (Lipinski definition) is 5. The van der Waals surface area contributed by atoms with Gasteiger partial charge in [-0.2, -0.15) is 17.1 Å². The summed E-state index contributed by atoms with van der Waals surface area (Å²) >= 11 is 0. The van der Waals surface area contributed by atoms with Gasteiger partial charge in [-0.1, -0.05) is 130 Å². The molecule has 6 nitrogen and oxygen atoms in total. The molecule has 2 aromatic heterocycles. The second kappa shape index (κ2) is 16.3. The van der Waals surface area contributed by atoms with Gasteiger partial charge in [0.1, 0.15) is 5.52 Å². The number of benzene rings is 8. The van der Waals surface area contributed by atoms with E-state index in [1.807, 2.05) is 59.2 Å². The van der Waals surface area contributed by atoms with E-state index in [9.17, 15) is 0 Å². The quantitative estimate of drug-likeness (QED) is 0.135. The minimum absolute atomic E-state index is 0. The molecular formula is C58H47N4O2Pt-3. The van der Waals surface area contributed by atoms with Crippen LogP contribution in [0.4, 0.5) is 22.7 Å². The van der Waals surface area contributed by atoms with Gasteiger partial charge < -0.3 is 19.0 Å². The van der Waals surface area contributed by atoms with Crippen LogP contribution < -0.4 is 14.5 Å². The van der Waals surface area contributed by atoms with Crippen molar-refractivity contribution in [1.82, 2.24) is 9.55 Å². The number of ether oxygens (including phenoxy) is 1. The van der Waals surface area contributed by atoms with Crippen molar-refractivity contribution in [3.63, 3.8) is 0 Å². The molecule has 0 unspecified atom stereocenters. The molecule has 8 aromatic carbocycles. The van der Waals surface area contributed by atoms with E-state index >= 15 is 0 Å². The number of para-hydroxylation sites is 3. The van der Waals surface area contributed by atoms with Crippen LogP contribution >= 0.6 is 0 Å². The molecule has 0 amide bonds. The number of aromatic nitrogens is 2. The zero-order valence-corrected chi connectivity index (χ0v) is 39.4. The summed E-state index contributed by atoms with van der Waals surface area (Å²) in [6, 6.07) is 67.3. The summed E-state index contributed by atoms with van der Waals surface area (Å²) in [5.74, 6) is 1.14. The molecule has 0 saturated heterocycles. The molecule has 0 fully saturated rings. The summed E-state index contributed by atoms with van der Waals surface area (Å²) < 4.78 is 15.0. The van der Waals surface area contributed by atoms with E-state index in [4.69, 9.17) is 14.1 Å². The Morgan fingerprint density at radius 3 is 1.83 bits per heavy atom. The van der Waals surface area contributed by atoms with Gasteiger partial charge >= 0.3 is 6.01 Å². The average molecular weight is 1030 g/mol. The molecule has 0 aliphatic carbocycles. The minimum atomic E-state index is -0.263. The zero-order chi connectivity index (χ0) is 43.7. The summed E-state index contributed by atoms with van der Waals surface area (Å²) in [5, 5.41) is 2.11. The molecule has 3 heterocycles. The van der Waals surface area contributed by atoms with E-state index in [1.54, 1.807) is 0 Å². The van der Waals surface area contributed by atoms with Crippen molar-refractivity contribution in [3.05, 3.63) is 222 Å². The van der Waals surface area contributed by atoms with Gasteiger partial charge in [-0.3, -0.25) is 4.57 Å². The summed E-state index contributed by atoms with van der Waals surface area (Å²) in [5.41, 5.74) is 14.4.